The molecular weight excluding hydrogens is 392 g/mol. The highest BCUT2D eigenvalue weighted by atomic mass is 16.5. The van der Waals surface area contributed by atoms with E-state index in [-0.39, 0.29) is 17.7 Å². The van der Waals surface area contributed by atoms with Gasteiger partial charge in [-0.3, -0.25) is 9.59 Å². The van der Waals surface area contributed by atoms with Gasteiger partial charge in [-0.25, -0.2) is 0 Å². The molecule has 1 unspecified atom stereocenters. The average Bonchev–Trinajstić information content (AvgIpc) is 2.80. The number of para-hydroxylation sites is 1. The Morgan fingerprint density at radius 3 is 2.58 bits per heavy atom. The number of ether oxygens (including phenoxy) is 2. The first-order chi connectivity index (χ1) is 15.0. The van der Waals surface area contributed by atoms with Gasteiger partial charge in [0.05, 0.1) is 18.8 Å². The van der Waals surface area contributed by atoms with Gasteiger partial charge in [-0.05, 0) is 42.8 Å². The zero-order chi connectivity index (χ0) is 21.8. The van der Waals surface area contributed by atoms with E-state index in [0.29, 0.717) is 22.7 Å². The fourth-order valence-electron chi connectivity index (χ4n) is 3.33. The van der Waals surface area contributed by atoms with E-state index in [0.717, 1.165) is 11.1 Å². The van der Waals surface area contributed by atoms with Gasteiger partial charge in [0.15, 0.2) is 11.5 Å². The zero-order valence-electron chi connectivity index (χ0n) is 17.2. The highest BCUT2D eigenvalue weighted by Crippen LogP contribution is 2.33. The summed E-state index contributed by atoms with van der Waals surface area (Å²) in [4.78, 5) is 25.2. The first kappa shape index (κ1) is 20.2. The topological polar surface area (TPSA) is 76.7 Å². The number of carbonyl (C=O) groups is 2. The van der Waals surface area contributed by atoms with Crippen LogP contribution in [-0.2, 0) is 4.79 Å². The van der Waals surface area contributed by atoms with Crippen molar-refractivity contribution < 1.29 is 19.1 Å². The van der Waals surface area contributed by atoms with Gasteiger partial charge in [-0.1, -0.05) is 48.5 Å². The summed E-state index contributed by atoms with van der Waals surface area (Å²) in [5.74, 6) is 0.620. The van der Waals surface area contributed by atoms with Crippen molar-refractivity contribution in [1.29, 1.82) is 0 Å². The van der Waals surface area contributed by atoms with Gasteiger partial charge in [0.2, 0.25) is 0 Å². The molecule has 0 aromatic heterocycles. The van der Waals surface area contributed by atoms with Crippen LogP contribution >= 0.6 is 0 Å². The largest absolute Gasteiger partial charge is 0.496 e. The van der Waals surface area contributed by atoms with E-state index in [1.54, 1.807) is 31.4 Å². The second-order valence-corrected chi connectivity index (χ2v) is 7.12. The molecule has 4 rings (SSSR count). The van der Waals surface area contributed by atoms with Gasteiger partial charge in [0.25, 0.3) is 11.8 Å². The summed E-state index contributed by atoms with van der Waals surface area (Å²) in [6, 6.07) is 21.9. The van der Waals surface area contributed by atoms with E-state index in [9.17, 15) is 9.59 Å². The molecule has 0 spiro atoms. The number of hydrogen-bond acceptors (Lipinski definition) is 4. The molecule has 1 atom stereocenters. The molecule has 3 aromatic rings. The predicted octanol–water partition coefficient (Wildman–Crippen LogP) is 4.56. The summed E-state index contributed by atoms with van der Waals surface area (Å²) in [5, 5.41) is 5.76. The number of carbonyl (C=O) groups excluding carboxylic acids is 2. The smallest absolute Gasteiger partial charge is 0.291 e. The Morgan fingerprint density at radius 2 is 1.81 bits per heavy atom. The summed E-state index contributed by atoms with van der Waals surface area (Å²) in [6.45, 7) is 1.92. The lowest BCUT2D eigenvalue weighted by atomic mass is 10.1. The molecule has 0 fully saturated rings. The summed E-state index contributed by atoms with van der Waals surface area (Å²) in [5.41, 5.74) is 2.62. The Morgan fingerprint density at radius 1 is 1.06 bits per heavy atom. The molecule has 6 nitrogen and oxygen atoms in total. The normalized spacial score (nSPS) is 14.8. The van der Waals surface area contributed by atoms with E-state index in [2.05, 4.69) is 10.6 Å². The molecule has 3 aromatic carbocycles. The van der Waals surface area contributed by atoms with E-state index in [4.69, 9.17) is 9.47 Å². The third kappa shape index (κ3) is 4.43. The van der Waals surface area contributed by atoms with Crippen molar-refractivity contribution >= 4 is 23.6 Å². The average molecular weight is 414 g/mol. The number of benzene rings is 3. The zero-order valence-corrected chi connectivity index (χ0v) is 17.2. The van der Waals surface area contributed by atoms with Crippen LogP contribution in [0.1, 0.15) is 34.5 Å². The van der Waals surface area contributed by atoms with Crippen LogP contribution in [-0.4, -0.2) is 18.9 Å². The first-order valence-corrected chi connectivity index (χ1v) is 9.89. The number of fused-ring (bicyclic) bond motifs is 1. The minimum atomic E-state index is -0.395. The molecule has 31 heavy (non-hydrogen) atoms. The fraction of sp³-hybridized carbons (Fsp3) is 0.120. The molecule has 2 amide bonds. The molecule has 0 radical (unpaired) electrons. The fourth-order valence-corrected chi connectivity index (χ4v) is 3.33. The second-order valence-electron chi connectivity index (χ2n) is 7.12. The minimum absolute atomic E-state index is 0.145. The van der Waals surface area contributed by atoms with E-state index < -0.39 is 5.91 Å². The van der Waals surface area contributed by atoms with Crippen LogP contribution in [0.5, 0.6) is 11.5 Å². The maximum absolute atomic E-state index is 12.7. The maximum atomic E-state index is 12.7. The lowest BCUT2D eigenvalue weighted by Gasteiger charge is -2.21. The summed E-state index contributed by atoms with van der Waals surface area (Å²) in [7, 11) is 1.57. The van der Waals surface area contributed by atoms with Gasteiger partial charge in [0.1, 0.15) is 5.75 Å². The molecule has 1 heterocycles. The Bertz CT molecular complexity index is 1160. The number of methoxy groups -OCH3 is 1. The number of nitrogens with one attached hydrogen (secondary N) is 2. The monoisotopic (exact) mass is 414 g/mol. The predicted molar refractivity (Wildman–Crippen MR) is 119 cm³/mol. The molecule has 1 aliphatic heterocycles. The lowest BCUT2D eigenvalue weighted by Crippen LogP contribution is -2.27. The molecule has 156 valence electrons. The van der Waals surface area contributed by atoms with Crippen LogP contribution in [0.25, 0.3) is 6.08 Å². The number of amides is 2. The van der Waals surface area contributed by atoms with Crippen molar-refractivity contribution in [2.75, 3.05) is 12.4 Å². The van der Waals surface area contributed by atoms with Crippen LogP contribution in [0.2, 0.25) is 0 Å². The number of hydrogen-bond donors (Lipinski definition) is 2. The molecule has 0 saturated carbocycles. The molecule has 0 saturated heterocycles. The van der Waals surface area contributed by atoms with Crippen LogP contribution in [0.15, 0.2) is 78.6 Å². The van der Waals surface area contributed by atoms with Crippen molar-refractivity contribution in [2.45, 2.75) is 13.0 Å². The highest BCUT2D eigenvalue weighted by molar-refractivity contribution is 6.09. The molecule has 0 bridgehead atoms. The van der Waals surface area contributed by atoms with Crippen molar-refractivity contribution in [3.63, 3.8) is 0 Å². The lowest BCUT2D eigenvalue weighted by molar-refractivity contribution is -0.115. The van der Waals surface area contributed by atoms with Gasteiger partial charge >= 0.3 is 0 Å². The van der Waals surface area contributed by atoms with E-state index in [1.807, 2.05) is 61.5 Å². The van der Waals surface area contributed by atoms with Gasteiger partial charge in [-0.15, -0.1) is 0 Å². The third-order valence-corrected chi connectivity index (χ3v) is 5.01. The quantitative estimate of drug-likeness (QED) is 0.600. The molecule has 6 heteroatoms. The molecular formula is C25H22N2O4. The van der Waals surface area contributed by atoms with Gasteiger partial charge in [-0.2, -0.15) is 0 Å². The van der Waals surface area contributed by atoms with Crippen molar-refractivity contribution in [2.24, 2.45) is 0 Å². The summed E-state index contributed by atoms with van der Waals surface area (Å²) < 4.78 is 11.1. The summed E-state index contributed by atoms with van der Waals surface area (Å²) >= 11 is 0. The van der Waals surface area contributed by atoms with Gasteiger partial charge < -0.3 is 20.1 Å². The third-order valence-electron chi connectivity index (χ3n) is 5.01. The SMILES string of the molecule is COc1ccccc1/C=C1\Oc2ccc(C(=O)NC(C)c3ccccc3)cc2NC1=O. The highest BCUT2D eigenvalue weighted by Gasteiger charge is 2.24. The second kappa shape index (κ2) is 8.75. The van der Waals surface area contributed by atoms with Gasteiger partial charge in [0, 0.05) is 11.1 Å². The Kier molecular flexibility index (Phi) is 5.71. The van der Waals surface area contributed by atoms with Crippen molar-refractivity contribution in [3.05, 3.63) is 95.2 Å². The van der Waals surface area contributed by atoms with Crippen LogP contribution in [0.4, 0.5) is 5.69 Å². The van der Waals surface area contributed by atoms with Crippen LogP contribution < -0.4 is 20.1 Å². The first-order valence-electron chi connectivity index (χ1n) is 9.89. The molecule has 1 aliphatic rings. The summed E-state index contributed by atoms with van der Waals surface area (Å²) in [6.07, 6.45) is 1.62. The number of anilines is 1. The maximum Gasteiger partial charge on any atom is 0.291 e. The molecule has 2 N–H and O–H groups in total. The van der Waals surface area contributed by atoms with E-state index >= 15 is 0 Å². The Hall–Kier alpha value is -4.06. The number of rotatable bonds is 5. The van der Waals surface area contributed by atoms with Crippen LogP contribution in [0, 0.1) is 0 Å². The van der Waals surface area contributed by atoms with Crippen molar-refractivity contribution in [1.82, 2.24) is 5.32 Å². The van der Waals surface area contributed by atoms with E-state index in [1.165, 1.54) is 0 Å². The Labute approximate surface area is 180 Å². The van der Waals surface area contributed by atoms with Crippen LogP contribution in [0.3, 0.4) is 0 Å². The Balaban J connectivity index is 1.53. The molecule has 0 aliphatic carbocycles. The standard InChI is InChI=1S/C25H22N2O4/c1-16(17-8-4-3-5-9-17)26-24(28)19-12-13-22-20(14-19)27-25(29)23(31-22)15-18-10-6-7-11-21(18)30-2/h3-16H,1-2H3,(H,26,28)(H,27,29)/b23-15-. The van der Waals surface area contributed by atoms with Crippen molar-refractivity contribution in [3.8, 4) is 11.5 Å². The minimum Gasteiger partial charge on any atom is -0.496 e.